The summed E-state index contributed by atoms with van der Waals surface area (Å²) in [6.07, 6.45) is 1.38. The maximum atomic E-state index is 12.4. The van der Waals surface area contributed by atoms with Crippen molar-refractivity contribution in [3.8, 4) is 11.5 Å². The summed E-state index contributed by atoms with van der Waals surface area (Å²) in [7, 11) is 0. The number of anilines is 1. The molecule has 11 heteroatoms. The second-order valence-corrected chi connectivity index (χ2v) is 5.52. The number of para-hydroxylation sites is 2. The van der Waals surface area contributed by atoms with Crippen molar-refractivity contribution >= 4 is 34.9 Å². The largest absolute Gasteiger partial charge is 0.490 e. The van der Waals surface area contributed by atoms with Crippen LogP contribution in [-0.4, -0.2) is 29.5 Å². The van der Waals surface area contributed by atoms with E-state index in [0.717, 1.165) is 0 Å². The zero-order chi connectivity index (χ0) is 20.5. The summed E-state index contributed by atoms with van der Waals surface area (Å²) in [4.78, 5) is 10.4. The maximum Gasteiger partial charge on any atom is 0.387 e. The van der Waals surface area contributed by atoms with Crippen molar-refractivity contribution in [2.24, 2.45) is 5.10 Å². The van der Waals surface area contributed by atoms with Crippen molar-refractivity contribution in [1.29, 1.82) is 0 Å². The number of nitrogens with zero attached hydrogens (tertiary/aromatic N) is 2. The number of hydrogen-bond donors (Lipinski definition) is 2. The molecule has 0 radical (unpaired) electrons. The zero-order valence-corrected chi connectivity index (χ0v) is 15.4. The first-order valence-corrected chi connectivity index (χ1v) is 8.36. The lowest BCUT2D eigenvalue weighted by molar-refractivity contribution is -0.383. The summed E-state index contributed by atoms with van der Waals surface area (Å²) < 4.78 is 34.5. The topological polar surface area (TPSA) is 98.0 Å². The van der Waals surface area contributed by atoms with Crippen LogP contribution < -0.4 is 20.2 Å². The Hall–Kier alpha value is -3.34. The van der Waals surface area contributed by atoms with Gasteiger partial charge in [-0.2, -0.15) is 13.9 Å². The Morgan fingerprint density at radius 3 is 2.75 bits per heavy atom. The molecule has 148 valence electrons. The van der Waals surface area contributed by atoms with Gasteiger partial charge in [-0.05, 0) is 49.0 Å². The van der Waals surface area contributed by atoms with Crippen LogP contribution >= 0.6 is 12.2 Å². The molecule has 0 atom stereocenters. The van der Waals surface area contributed by atoms with Crippen molar-refractivity contribution in [3.05, 3.63) is 58.1 Å². The number of nitro groups is 1. The van der Waals surface area contributed by atoms with Gasteiger partial charge < -0.3 is 14.8 Å². The van der Waals surface area contributed by atoms with Gasteiger partial charge in [-0.15, -0.1) is 0 Å². The minimum atomic E-state index is -2.97. The number of halogens is 2. The molecule has 0 aliphatic rings. The van der Waals surface area contributed by atoms with Crippen LogP contribution in [0, 0.1) is 10.1 Å². The molecule has 0 spiro atoms. The predicted octanol–water partition coefficient (Wildman–Crippen LogP) is 3.92. The van der Waals surface area contributed by atoms with Gasteiger partial charge in [0.15, 0.2) is 16.6 Å². The molecule has 0 amide bonds. The highest BCUT2D eigenvalue weighted by molar-refractivity contribution is 7.80. The van der Waals surface area contributed by atoms with Crippen LogP contribution in [0.15, 0.2) is 47.6 Å². The number of alkyl halides is 2. The van der Waals surface area contributed by atoms with Crippen LogP contribution in [0.5, 0.6) is 11.5 Å². The van der Waals surface area contributed by atoms with Crippen LogP contribution in [0.4, 0.5) is 20.2 Å². The number of benzene rings is 2. The number of nitrogens with one attached hydrogen (secondary N) is 2. The molecule has 0 saturated carbocycles. The van der Waals surface area contributed by atoms with E-state index in [2.05, 4.69) is 20.6 Å². The molecule has 0 heterocycles. The molecule has 2 aromatic rings. The number of hydrogen-bond acceptors (Lipinski definition) is 6. The van der Waals surface area contributed by atoms with Gasteiger partial charge in [-0.3, -0.25) is 15.5 Å². The van der Waals surface area contributed by atoms with Gasteiger partial charge in [-0.1, -0.05) is 12.1 Å². The third-order valence-corrected chi connectivity index (χ3v) is 3.41. The monoisotopic (exact) mass is 410 g/mol. The average molecular weight is 410 g/mol. The molecular formula is C17H16F2N4O4S. The normalized spacial score (nSPS) is 10.7. The highest BCUT2D eigenvalue weighted by Crippen LogP contribution is 2.29. The van der Waals surface area contributed by atoms with Crippen molar-refractivity contribution in [2.75, 3.05) is 11.9 Å². The fourth-order valence-corrected chi connectivity index (χ4v) is 2.28. The van der Waals surface area contributed by atoms with E-state index in [1.807, 2.05) is 0 Å². The molecular weight excluding hydrogens is 394 g/mol. The Balaban J connectivity index is 2.03. The lowest BCUT2D eigenvalue weighted by Crippen LogP contribution is -2.24. The first-order chi connectivity index (χ1) is 13.4. The van der Waals surface area contributed by atoms with Crippen molar-refractivity contribution in [3.63, 3.8) is 0 Å². The van der Waals surface area contributed by atoms with E-state index < -0.39 is 11.5 Å². The lowest BCUT2D eigenvalue weighted by Gasteiger charge is -2.11. The van der Waals surface area contributed by atoms with Gasteiger partial charge in [0.25, 0.3) is 5.69 Å². The van der Waals surface area contributed by atoms with Crippen LogP contribution in [0.2, 0.25) is 0 Å². The van der Waals surface area contributed by atoms with E-state index in [4.69, 9.17) is 17.0 Å². The minimum Gasteiger partial charge on any atom is -0.490 e. The molecule has 0 unspecified atom stereocenters. The molecule has 0 saturated heterocycles. The van der Waals surface area contributed by atoms with Crippen molar-refractivity contribution in [1.82, 2.24) is 5.43 Å². The Labute approximate surface area is 164 Å². The van der Waals surface area contributed by atoms with Gasteiger partial charge >= 0.3 is 6.61 Å². The number of nitro benzene ring substituents is 1. The molecule has 2 rings (SSSR count). The highest BCUT2D eigenvalue weighted by Gasteiger charge is 2.13. The highest BCUT2D eigenvalue weighted by atomic mass is 32.1. The molecule has 0 aliphatic heterocycles. The second-order valence-electron chi connectivity index (χ2n) is 5.12. The van der Waals surface area contributed by atoms with Gasteiger partial charge in [0.2, 0.25) is 0 Å². The summed E-state index contributed by atoms with van der Waals surface area (Å²) in [5.41, 5.74) is 3.13. The minimum absolute atomic E-state index is 0.0354. The Morgan fingerprint density at radius 2 is 2.07 bits per heavy atom. The molecule has 0 bridgehead atoms. The van der Waals surface area contributed by atoms with Gasteiger partial charge in [0.1, 0.15) is 5.69 Å². The molecule has 0 fully saturated rings. The van der Waals surface area contributed by atoms with Crippen LogP contribution in [0.25, 0.3) is 0 Å². The van der Waals surface area contributed by atoms with Gasteiger partial charge in [-0.25, -0.2) is 0 Å². The quantitative estimate of drug-likeness (QED) is 0.295. The molecule has 28 heavy (non-hydrogen) atoms. The number of hydrazone groups is 1. The summed E-state index contributed by atoms with van der Waals surface area (Å²) in [6, 6.07) is 10.3. The van der Waals surface area contributed by atoms with E-state index in [9.17, 15) is 18.9 Å². The Morgan fingerprint density at radius 1 is 1.32 bits per heavy atom. The fraction of sp³-hybridized carbons (Fsp3) is 0.176. The van der Waals surface area contributed by atoms with E-state index in [-0.39, 0.29) is 34.6 Å². The van der Waals surface area contributed by atoms with E-state index >= 15 is 0 Å². The van der Waals surface area contributed by atoms with Crippen LogP contribution in [0.3, 0.4) is 0 Å². The Bertz CT molecular complexity index is 880. The predicted molar refractivity (Wildman–Crippen MR) is 104 cm³/mol. The summed E-state index contributed by atoms with van der Waals surface area (Å²) in [5.74, 6) is 0.0582. The summed E-state index contributed by atoms with van der Waals surface area (Å²) in [5, 5.41) is 17.6. The Kier molecular flexibility index (Phi) is 7.57. The summed E-state index contributed by atoms with van der Waals surface area (Å²) in [6.45, 7) is -0.991. The van der Waals surface area contributed by atoms with Crippen molar-refractivity contribution in [2.45, 2.75) is 13.5 Å². The zero-order valence-electron chi connectivity index (χ0n) is 14.6. The molecule has 0 aromatic heterocycles. The smallest absolute Gasteiger partial charge is 0.387 e. The van der Waals surface area contributed by atoms with E-state index in [1.165, 1.54) is 42.6 Å². The first-order valence-electron chi connectivity index (χ1n) is 7.95. The van der Waals surface area contributed by atoms with Crippen LogP contribution in [-0.2, 0) is 0 Å². The lowest BCUT2D eigenvalue weighted by atomic mass is 10.2. The number of rotatable bonds is 8. The molecule has 0 aliphatic carbocycles. The third-order valence-electron chi connectivity index (χ3n) is 3.21. The van der Waals surface area contributed by atoms with E-state index in [0.29, 0.717) is 5.56 Å². The van der Waals surface area contributed by atoms with E-state index in [1.54, 1.807) is 13.0 Å². The fourth-order valence-electron chi connectivity index (χ4n) is 2.12. The first kappa shape index (κ1) is 21.0. The van der Waals surface area contributed by atoms with Gasteiger partial charge in [0.05, 0.1) is 17.7 Å². The molecule has 8 nitrogen and oxygen atoms in total. The van der Waals surface area contributed by atoms with Crippen LogP contribution in [0.1, 0.15) is 12.5 Å². The number of thiocarbonyl (C=S) groups is 1. The second kappa shape index (κ2) is 10.1. The van der Waals surface area contributed by atoms with Crippen molar-refractivity contribution < 1.29 is 23.2 Å². The molecule has 2 N–H and O–H groups in total. The van der Waals surface area contributed by atoms with Gasteiger partial charge in [0, 0.05) is 6.07 Å². The standard InChI is InChI=1S/C17H16F2N4O4S/c1-2-26-15-9-11(7-8-14(15)27-16(18)19)10-20-22-17(28)21-12-5-3-4-6-13(12)23(24)25/h3-10,16H,2H2,1H3,(H2,21,22,28)/b20-10-. The molecule has 2 aromatic carbocycles. The number of ether oxygens (including phenoxy) is 2. The summed E-state index contributed by atoms with van der Waals surface area (Å²) >= 11 is 5.05. The average Bonchev–Trinajstić information content (AvgIpc) is 2.64. The SMILES string of the molecule is CCOc1cc(/C=N\NC(=S)Nc2ccccc2[N+](=O)[O-])ccc1OC(F)F. The third kappa shape index (κ3) is 6.13. The maximum absolute atomic E-state index is 12.4.